The van der Waals surface area contributed by atoms with Gasteiger partial charge in [0.2, 0.25) is 0 Å². The normalized spacial score (nSPS) is 14.6. The summed E-state index contributed by atoms with van der Waals surface area (Å²) in [6, 6.07) is 5.81. The van der Waals surface area contributed by atoms with Crippen LogP contribution in [-0.4, -0.2) is 13.1 Å². The van der Waals surface area contributed by atoms with Crippen LogP contribution in [0.5, 0.6) is 0 Å². The smallest absolute Gasteiger partial charge is 0.0591 e. The maximum Gasteiger partial charge on any atom is 0.0591 e. The van der Waals surface area contributed by atoms with Crippen molar-refractivity contribution in [3.63, 3.8) is 0 Å². The van der Waals surface area contributed by atoms with Crippen molar-refractivity contribution in [2.75, 3.05) is 23.7 Å². The van der Waals surface area contributed by atoms with Gasteiger partial charge in [0.05, 0.1) is 11.4 Å². The Labute approximate surface area is 70.6 Å². The molecular formula is C8H9ClN2. The molecule has 1 aromatic rings. The lowest BCUT2D eigenvalue weighted by Crippen LogP contribution is -2.20. The van der Waals surface area contributed by atoms with Gasteiger partial charge in [0.1, 0.15) is 0 Å². The van der Waals surface area contributed by atoms with Gasteiger partial charge in [-0.1, -0.05) is 11.6 Å². The van der Waals surface area contributed by atoms with E-state index in [1.807, 2.05) is 18.2 Å². The summed E-state index contributed by atoms with van der Waals surface area (Å²) < 4.78 is 0. The average Bonchev–Trinajstić information content (AvgIpc) is 2.04. The summed E-state index contributed by atoms with van der Waals surface area (Å²) >= 11 is 5.81. The van der Waals surface area contributed by atoms with Crippen LogP contribution >= 0.6 is 11.6 Å². The van der Waals surface area contributed by atoms with E-state index in [2.05, 4.69) is 10.6 Å². The fourth-order valence-electron chi connectivity index (χ4n) is 1.21. The van der Waals surface area contributed by atoms with Gasteiger partial charge in [0, 0.05) is 18.1 Å². The topological polar surface area (TPSA) is 24.1 Å². The van der Waals surface area contributed by atoms with Crippen LogP contribution in [0.25, 0.3) is 0 Å². The van der Waals surface area contributed by atoms with Crippen LogP contribution in [0.1, 0.15) is 0 Å². The Morgan fingerprint density at radius 2 is 1.82 bits per heavy atom. The first-order chi connectivity index (χ1) is 5.36. The first kappa shape index (κ1) is 6.80. The second-order valence-corrected chi connectivity index (χ2v) is 2.98. The van der Waals surface area contributed by atoms with Gasteiger partial charge in [-0.15, -0.1) is 0 Å². The predicted molar refractivity (Wildman–Crippen MR) is 48.4 cm³/mol. The summed E-state index contributed by atoms with van der Waals surface area (Å²) in [5.41, 5.74) is 2.24. The Hall–Kier alpha value is -0.890. The largest absolute Gasteiger partial charge is 0.382 e. The molecule has 58 valence electrons. The van der Waals surface area contributed by atoms with Crippen molar-refractivity contribution in [2.24, 2.45) is 0 Å². The summed E-state index contributed by atoms with van der Waals surface area (Å²) in [4.78, 5) is 0. The highest BCUT2D eigenvalue weighted by Gasteiger charge is 2.06. The third kappa shape index (κ3) is 1.26. The first-order valence-corrected chi connectivity index (χ1v) is 4.01. The summed E-state index contributed by atoms with van der Waals surface area (Å²) in [5, 5.41) is 7.30. The van der Waals surface area contributed by atoms with Crippen molar-refractivity contribution in [3.05, 3.63) is 23.2 Å². The van der Waals surface area contributed by atoms with E-state index in [1.165, 1.54) is 0 Å². The molecule has 0 fully saturated rings. The van der Waals surface area contributed by atoms with E-state index in [0.717, 1.165) is 29.5 Å². The van der Waals surface area contributed by atoms with Gasteiger partial charge in [-0.25, -0.2) is 0 Å². The zero-order chi connectivity index (χ0) is 7.68. The molecule has 11 heavy (non-hydrogen) atoms. The third-order valence-electron chi connectivity index (χ3n) is 1.74. The van der Waals surface area contributed by atoms with Gasteiger partial charge in [-0.05, 0) is 18.2 Å². The quantitative estimate of drug-likeness (QED) is 0.621. The number of halogens is 1. The van der Waals surface area contributed by atoms with Crippen LogP contribution < -0.4 is 10.6 Å². The molecule has 0 saturated carbocycles. The number of rotatable bonds is 0. The minimum Gasteiger partial charge on any atom is -0.382 e. The fourth-order valence-corrected chi connectivity index (χ4v) is 1.38. The summed E-state index contributed by atoms with van der Waals surface area (Å²) in [6.45, 7) is 1.95. The lowest BCUT2D eigenvalue weighted by molar-refractivity contribution is 1.05. The minimum atomic E-state index is 0.778. The van der Waals surface area contributed by atoms with E-state index >= 15 is 0 Å². The summed E-state index contributed by atoms with van der Waals surface area (Å²) in [5.74, 6) is 0. The Bertz CT molecular complexity index is 273. The van der Waals surface area contributed by atoms with Crippen LogP contribution in [0, 0.1) is 0 Å². The van der Waals surface area contributed by atoms with Gasteiger partial charge in [0.15, 0.2) is 0 Å². The molecule has 2 nitrogen and oxygen atoms in total. The Morgan fingerprint density at radius 1 is 1.09 bits per heavy atom. The maximum absolute atomic E-state index is 5.81. The van der Waals surface area contributed by atoms with Gasteiger partial charge < -0.3 is 10.6 Å². The highest BCUT2D eigenvalue weighted by molar-refractivity contribution is 6.31. The molecule has 0 aliphatic carbocycles. The molecule has 3 heteroatoms. The van der Waals surface area contributed by atoms with Crippen molar-refractivity contribution in [1.29, 1.82) is 0 Å². The summed E-state index contributed by atoms with van der Waals surface area (Å²) in [7, 11) is 0. The third-order valence-corrected chi connectivity index (χ3v) is 1.97. The molecule has 0 spiro atoms. The van der Waals surface area contributed by atoms with E-state index in [4.69, 9.17) is 11.6 Å². The molecule has 0 amide bonds. The molecule has 0 radical (unpaired) electrons. The monoisotopic (exact) mass is 168 g/mol. The molecule has 0 atom stereocenters. The molecule has 2 N–H and O–H groups in total. The standard InChI is InChI=1S/C8H9ClN2/c9-6-1-2-7-8(5-6)11-4-3-10-7/h1-2,5,10-11H,3-4H2. The van der Waals surface area contributed by atoms with Crippen LogP contribution in [0.2, 0.25) is 5.02 Å². The number of hydrogen-bond acceptors (Lipinski definition) is 2. The van der Waals surface area contributed by atoms with Crippen molar-refractivity contribution >= 4 is 23.0 Å². The van der Waals surface area contributed by atoms with Crippen molar-refractivity contribution in [3.8, 4) is 0 Å². The van der Waals surface area contributed by atoms with E-state index in [9.17, 15) is 0 Å². The van der Waals surface area contributed by atoms with Gasteiger partial charge >= 0.3 is 0 Å². The van der Waals surface area contributed by atoms with E-state index < -0.39 is 0 Å². The molecule has 0 aromatic heterocycles. The molecule has 1 aliphatic rings. The number of nitrogens with one attached hydrogen (secondary N) is 2. The van der Waals surface area contributed by atoms with Crippen molar-refractivity contribution < 1.29 is 0 Å². The first-order valence-electron chi connectivity index (χ1n) is 3.63. The lowest BCUT2D eigenvalue weighted by atomic mass is 10.2. The summed E-state index contributed by atoms with van der Waals surface area (Å²) in [6.07, 6.45) is 0. The van der Waals surface area contributed by atoms with Crippen molar-refractivity contribution in [2.45, 2.75) is 0 Å². The SMILES string of the molecule is Clc1ccc2c(c1)NCCN2. The highest BCUT2D eigenvalue weighted by atomic mass is 35.5. The van der Waals surface area contributed by atoms with Crippen LogP contribution in [0.15, 0.2) is 18.2 Å². The minimum absolute atomic E-state index is 0.778. The Morgan fingerprint density at radius 3 is 2.64 bits per heavy atom. The molecule has 1 heterocycles. The highest BCUT2D eigenvalue weighted by Crippen LogP contribution is 2.26. The molecule has 0 saturated heterocycles. The molecule has 0 unspecified atom stereocenters. The molecule has 1 aliphatic heterocycles. The zero-order valence-electron chi connectivity index (χ0n) is 6.02. The Balaban J connectivity index is 2.43. The van der Waals surface area contributed by atoms with Gasteiger partial charge in [-0.2, -0.15) is 0 Å². The number of anilines is 2. The second kappa shape index (κ2) is 2.62. The predicted octanol–water partition coefficient (Wildman–Crippen LogP) is 2.18. The van der Waals surface area contributed by atoms with Gasteiger partial charge in [0.25, 0.3) is 0 Å². The fraction of sp³-hybridized carbons (Fsp3) is 0.250. The molecular weight excluding hydrogens is 160 g/mol. The van der Waals surface area contributed by atoms with E-state index in [0.29, 0.717) is 0 Å². The number of benzene rings is 1. The van der Waals surface area contributed by atoms with Crippen LogP contribution in [0.4, 0.5) is 11.4 Å². The lowest BCUT2D eigenvalue weighted by Gasteiger charge is -2.19. The molecule has 1 aromatic carbocycles. The molecule has 2 rings (SSSR count). The van der Waals surface area contributed by atoms with Crippen LogP contribution in [0.3, 0.4) is 0 Å². The average molecular weight is 169 g/mol. The van der Waals surface area contributed by atoms with E-state index in [-0.39, 0.29) is 0 Å². The van der Waals surface area contributed by atoms with Crippen LogP contribution in [-0.2, 0) is 0 Å². The van der Waals surface area contributed by atoms with Crippen molar-refractivity contribution in [1.82, 2.24) is 0 Å². The van der Waals surface area contributed by atoms with E-state index in [1.54, 1.807) is 0 Å². The number of fused-ring (bicyclic) bond motifs is 1. The maximum atomic E-state index is 5.81. The van der Waals surface area contributed by atoms with Gasteiger partial charge in [-0.3, -0.25) is 0 Å². The molecule has 0 bridgehead atoms. The second-order valence-electron chi connectivity index (χ2n) is 2.54. The Kier molecular flexibility index (Phi) is 1.62. The zero-order valence-corrected chi connectivity index (χ0v) is 6.78. The number of hydrogen-bond donors (Lipinski definition) is 2.